The molecule has 2 aromatic rings. The molecule has 0 aliphatic heterocycles. The van der Waals surface area contributed by atoms with Gasteiger partial charge in [0, 0.05) is 23.5 Å². The number of nitrogens with one attached hydrogen (secondary N) is 1. The van der Waals surface area contributed by atoms with Gasteiger partial charge in [0.15, 0.2) is 0 Å². The van der Waals surface area contributed by atoms with E-state index in [1.165, 1.54) is 47.1 Å². The van der Waals surface area contributed by atoms with E-state index < -0.39 is 0 Å². The third-order valence-corrected chi connectivity index (χ3v) is 3.70. The molecule has 1 heterocycles. The van der Waals surface area contributed by atoms with E-state index in [2.05, 4.69) is 42.4 Å². The minimum Gasteiger partial charge on any atom is -0.498 e. The van der Waals surface area contributed by atoms with Crippen LogP contribution in [0, 0.1) is 0 Å². The lowest BCUT2D eigenvalue weighted by Crippen LogP contribution is -2.07. The van der Waals surface area contributed by atoms with Crippen molar-refractivity contribution in [3.63, 3.8) is 0 Å². The zero-order valence-corrected chi connectivity index (χ0v) is 10.8. The second-order valence-corrected chi connectivity index (χ2v) is 4.85. The summed E-state index contributed by atoms with van der Waals surface area (Å²) in [4.78, 5) is 3.33. The molecule has 0 unspecified atom stereocenters. The second kappa shape index (κ2) is 4.89. The summed E-state index contributed by atoms with van der Waals surface area (Å²) in [6, 6.07) is 8.46. The molecule has 0 radical (unpaired) electrons. The van der Waals surface area contributed by atoms with Crippen LogP contribution in [-0.4, -0.2) is 11.6 Å². The van der Waals surface area contributed by atoms with Crippen molar-refractivity contribution >= 4 is 10.9 Å². The second-order valence-electron chi connectivity index (χ2n) is 4.85. The standard InChI is InChI=1S/C16H19NO/c1-2-18-16(12-6-5-7-12)10-13-11-17-15-9-4-3-8-14(13)15/h3-4,8-9,11,17H,2,5-7,10H2,1H3. The minimum atomic E-state index is 0.765. The molecule has 1 aliphatic rings. The Kier molecular flexibility index (Phi) is 3.09. The van der Waals surface area contributed by atoms with Gasteiger partial charge in [-0.3, -0.25) is 0 Å². The zero-order chi connectivity index (χ0) is 12.4. The SMILES string of the molecule is CCOC(Cc1c[nH]c2ccccc12)=C1CCC1. The number of rotatable bonds is 4. The number of ether oxygens (including phenoxy) is 1. The molecule has 1 aliphatic carbocycles. The Labute approximate surface area is 108 Å². The Hall–Kier alpha value is -1.70. The van der Waals surface area contributed by atoms with Crippen LogP contribution in [0.1, 0.15) is 31.7 Å². The van der Waals surface area contributed by atoms with E-state index in [4.69, 9.17) is 4.74 Å². The molecule has 94 valence electrons. The van der Waals surface area contributed by atoms with E-state index in [1.54, 1.807) is 0 Å². The zero-order valence-electron chi connectivity index (χ0n) is 10.8. The molecule has 2 nitrogen and oxygen atoms in total. The molecule has 0 saturated heterocycles. The Morgan fingerprint density at radius 2 is 2.11 bits per heavy atom. The maximum Gasteiger partial charge on any atom is 0.0996 e. The predicted molar refractivity (Wildman–Crippen MR) is 74.5 cm³/mol. The quantitative estimate of drug-likeness (QED) is 0.798. The van der Waals surface area contributed by atoms with Gasteiger partial charge in [-0.15, -0.1) is 0 Å². The molecule has 1 N–H and O–H groups in total. The summed E-state index contributed by atoms with van der Waals surface area (Å²) in [6.07, 6.45) is 6.80. The van der Waals surface area contributed by atoms with Crippen molar-refractivity contribution in [2.45, 2.75) is 32.6 Å². The third-order valence-electron chi connectivity index (χ3n) is 3.70. The average molecular weight is 241 g/mol. The highest BCUT2D eigenvalue weighted by atomic mass is 16.5. The number of aromatic amines is 1. The number of benzene rings is 1. The molecule has 2 heteroatoms. The predicted octanol–water partition coefficient (Wildman–Crippen LogP) is 4.18. The number of allylic oxidation sites excluding steroid dienone is 2. The van der Waals surface area contributed by atoms with Gasteiger partial charge in [0.1, 0.15) is 0 Å². The Bertz CT molecular complexity index is 574. The summed E-state index contributed by atoms with van der Waals surface area (Å²) in [5, 5.41) is 1.31. The molecule has 0 spiro atoms. The molecule has 1 saturated carbocycles. The normalized spacial score (nSPS) is 14.6. The van der Waals surface area contributed by atoms with Crippen LogP contribution in [0.2, 0.25) is 0 Å². The molecule has 1 fully saturated rings. The average Bonchev–Trinajstić information content (AvgIpc) is 2.71. The monoisotopic (exact) mass is 241 g/mol. The molecule has 0 atom stereocenters. The summed E-state index contributed by atoms with van der Waals surface area (Å²) in [6.45, 7) is 2.83. The summed E-state index contributed by atoms with van der Waals surface area (Å²) in [5.41, 5.74) is 4.07. The summed E-state index contributed by atoms with van der Waals surface area (Å²) < 4.78 is 5.83. The van der Waals surface area contributed by atoms with Crippen LogP contribution in [0.25, 0.3) is 10.9 Å². The van der Waals surface area contributed by atoms with E-state index >= 15 is 0 Å². The van der Waals surface area contributed by atoms with Gasteiger partial charge in [-0.05, 0) is 43.4 Å². The molecule has 3 rings (SSSR count). The van der Waals surface area contributed by atoms with Gasteiger partial charge in [-0.2, -0.15) is 0 Å². The van der Waals surface area contributed by atoms with Crippen LogP contribution in [0.3, 0.4) is 0 Å². The first kappa shape index (κ1) is 11.4. The number of H-pyrrole nitrogens is 1. The van der Waals surface area contributed by atoms with Gasteiger partial charge in [0.05, 0.1) is 12.4 Å². The number of hydrogen-bond donors (Lipinski definition) is 1. The van der Waals surface area contributed by atoms with Crippen LogP contribution < -0.4 is 0 Å². The van der Waals surface area contributed by atoms with E-state index in [0.717, 1.165) is 13.0 Å². The fraction of sp³-hybridized carbons (Fsp3) is 0.375. The largest absolute Gasteiger partial charge is 0.498 e. The summed E-state index contributed by atoms with van der Waals surface area (Å²) >= 11 is 0. The van der Waals surface area contributed by atoms with E-state index in [0.29, 0.717) is 0 Å². The molecule has 18 heavy (non-hydrogen) atoms. The Morgan fingerprint density at radius 3 is 2.83 bits per heavy atom. The molecular formula is C16H19NO. The van der Waals surface area contributed by atoms with Crippen LogP contribution in [-0.2, 0) is 11.2 Å². The third kappa shape index (κ3) is 2.03. The molecule has 1 aromatic carbocycles. The number of para-hydroxylation sites is 1. The van der Waals surface area contributed by atoms with Crippen molar-refractivity contribution in [1.82, 2.24) is 4.98 Å². The fourth-order valence-corrected chi connectivity index (χ4v) is 2.54. The lowest BCUT2D eigenvalue weighted by molar-refractivity contribution is 0.213. The summed E-state index contributed by atoms with van der Waals surface area (Å²) in [5.74, 6) is 1.20. The van der Waals surface area contributed by atoms with Crippen molar-refractivity contribution in [2.75, 3.05) is 6.61 Å². The van der Waals surface area contributed by atoms with Gasteiger partial charge >= 0.3 is 0 Å². The highest BCUT2D eigenvalue weighted by molar-refractivity contribution is 5.83. The molecule has 1 aromatic heterocycles. The lowest BCUT2D eigenvalue weighted by atomic mass is 9.89. The highest BCUT2D eigenvalue weighted by Gasteiger charge is 2.17. The highest BCUT2D eigenvalue weighted by Crippen LogP contribution is 2.32. The first-order chi connectivity index (χ1) is 8.88. The topological polar surface area (TPSA) is 25.0 Å². The Balaban J connectivity index is 1.90. The van der Waals surface area contributed by atoms with Crippen LogP contribution in [0.5, 0.6) is 0 Å². The molecule has 0 bridgehead atoms. The van der Waals surface area contributed by atoms with Crippen molar-refractivity contribution in [1.29, 1.82) is 0 Å². The van der Waals surface area contributed by atoms with Crippen molar-refractivity contribution in [3.8, 4) is 0 Å². The first-order valence-corrected chi connectivity index (χ1v) is 6.77. The van der Waals surface area contributed by atoms with Gasteiger partial charge in [0.25, 0.3) is 0 Å². The van der Waals surface area contributed by atoms with Crippen LogP contribution in [0.15, 0.2) is 41.8 Å². The first-order valence-electron chi connectivity index (χ1n) is 6.77. The van der Waals surface area contributed by atoms with Crippen LogP contribution in [0.4, 0.5) is 0 Å². The van der Waals surface area contributed by atoms with Gasteiger partial charge in [-0.25, -0.2) is 0 Å². The minimum absolute atomic E-state index is 0.765. The van der Waals surface area contributed by atoms with E-state index in [1.807, 2.05) is 0 Å². The maximum atomic E-state index is 5.83. The van der Waals surface area contributed by atoms with Crippen molar-refractivity contribution < 1.29 is 4.74 Å². The van der Waals surface area contributed by atoms with Crippen molar-refractivity contribution in [2.24, 2.45) is 0 Å². The Morgan fingerprint density at radius 1 is 1.28 bits per heavy atom. The fourth-order valence-electron chi connectivity index (χ4n) is 2.54. The van der Waals surface area contributed by atoms with Gasteiger partial charge in [0.2, 0.25) is 0 Å². The van der Waals surface area contributed by atoms with E-state index in [-0.39, 0.29) is 0 Å². The number of fused-ring (bicyclic) bond motifs is 1. The van der Waals surface area contributed by atoms with Gasteiger partial charge in [-0.1, -0.05) is 18.2 Å². The van der Waals surface area contributed by atoms with Crippen LogP contribution >= 0.6 is 0 Å². The van der Waals surface area contributed by atoms with E-state index in [9.17, 15) is 0 Å². The number of aromatic nitrogens is 1. The lowest BCUT2D eigenvalue weighted by Gasteiger charge is -2.22. The molecular weight excluding hydrogens is 222 g/mol. The van der Waals surface area contributed by atoms with Gasteiger partial charge < -0.3 is 9.72 Å². The van der Waals surface area contributed by atoms with Crippen molar-refractivity contribution in [3.05, 3.63) is 47.4 Å². The maximum absolute atomic E-state index is 5.83. The number of hydrogen-bond acceptors (Lipinski definition) is 1. The summed E-state index contributed by atoms with van der Waals surface area (Å²) in [7, 11) is 0. The smallest absolute Gasteiger partial charge is 0.0996 e. The molecule has 0 amide bonds.